The number of benzene rings is 2. The predicted octanol–water partition coefficient (Wildman–Crippen LogP) is 4.23. The van der Waals surface area contributed by atoms with Crippen molar-refractivity contribution < 1.29 is 22.0 Å². The summed E-state index contributed by atoms with van der Waals surface area (Å²) in [6.07, 6.45) is -4.56. The first-order chi connectivity index (χ1) is 9.77. The molecule has 0 aliphatic heterocycles. The second kappa shape index (κ2) is 5.81. The molecule has 112 valence electrons. The fourth-order valence-electron chi connectivity index (χ4n) is 2.00. The van der Waals surface area contributed by atoms with Gasteiger partial charge in [0.2, 0.25) is 0 Å². The average molecular weight is 301 g/mol. The molecule has 0 spiro atoms. The molecule has 2 aromatic rings. The van der Waals surface area contributed by atoms with Crippen molar-refractivity contribution >= 4 is 0 Å². The van der Waals surface area contributed by atoms with Gasteiger partial charge in [-0.05, 0) is 47.9 Å². The highest BCUT2D eigenvalue weighted by molar-refractivity contribution is 5.30. The summed E-state index contributed by atoms with van der Waals surface area (Å²) in [6.45, 7) is 0. The first-order valence-electron chi connectivity index (χ1n) is 6.14. The Balaban J connectivity index is 2.24. The summed E-state index contributed by atoms with van der Waals surface area (Å²) >= 11 is 0. The van der Waals surface area contributed by atoms with Gasteiger partial charge in [0.25, 0.3) is 0 Å². The average Bonchev–Trinajstić information content (AvgIpc) is 2.42. The molecule has 0 aliphatic rings. The normalized spacial score (nSPS) is 13.2. The Morgan fingerprint density at radius 1 is 1.00 bits per heavy atom. The number of halogens is 5. The third kappa shape index (κ3) is 3.78. The highest BCUT2D eigenvalue weighted by atomic mass is 19.4. The Bertz CT molecular complexity index is 636. The van der Waals surface area contributed by atoms with E-state index >= 15 is 0 Å². The zero-order valence-electron chi connectivity index (χ0n) is 10.8. The fraction of sp³-hybridized carbons (Fsp3) is 0.200. The van der Waals surface area contributed by atoms with Crippen molar-refractivity contribution in [2.24, 2.45) is 5.73 Å². The monoisotopic (exact) mass is 301 g/mol. The van der Waals surface area contributed by atoms with Crippen LogP contribution >= 0.6 is 0 Å². The second-order valence-electron chi connectivity index (χ2n) is 4.67. The molecule has 0 aliphatic carbocycles. The van der Waals surface area contributed by atoms with Crippen molar-refractivity contribution in [2.45, 2.75) is 18.6 Å². The van der Waals surface area contributed by atoms with Crippen molar-refractivity contribution in [2.75, 3.05) is 0 Å². The van der Waals surface area contributed by atoms with Gasteiger partial charge in [-0.2, -0.15) is 13.2 Å². The molecule has 2 aromatic carbocycles. The SMILES string of the molecule is NC(Cc1cc(F)ccc1F)c1cccc(C(F)(F)F)c1. The first kappa shape index (κ1) is 15.4. The maximum Gasteiger partial charge on any atom is 0.416 e. The maximum absolute atomic E-state index is 13.5. The minimum atomic E-state index is -4.47. The molecule has 1 nitrogen and oxygen atoms in total. The number of alkyl halides is 3. The van der Waals surface area contributed by atoms with E-state index < -0.39 is 29.4 Å². The van der Waals surface area contributed by atoms with Crippen molar-refractivity contribution in [1.82, 2.24) is 0 Å². The highest BCUT2D eigenvalue weighted by Gasteiger charge is 2.30. The second-order valence-corrected chi connectivity index (χ2v) is 4.67. The van der Waals surface area contributed by atoms with Gasteiger partial charge in [-0.3, -0.25) is 0 Å². The fourth-order valence-corrected chi connectivity index (χ4v) is 2.00. The maximum atomic E-state index is 13.5. The lowest BCUT2D eigenvalue weighted by Crippen LogP contribution is -2.15. The Labute approximate surface area is 118 Å². The largest absolute Gasteiger partial charge is 0.416 e. The van der Waals surface area contributed by atoms with Crippen LogP contribution < -0.4 is 5.73 Å². The lowest BCUT2D eigenvalue weighted by atomic mass is 9.97. The van der Waals surface area contributed by atoms with Crippen LogP contribution in [0.1, 0.15) is 22.7 Å². The summed E-state index contributed by atoms with van der Waals surface area (Å²) in [6, 6.07) is 6.57. The minimum Gasteiger partial charge on any atom is -0.324 e. The lowest BCUT2D eigenvalue weighted by molar-refractivity contribution is -0.137. The predicted molar refractivity (Wildman–Crippen MR) is 68.4 cm³/mol. The van der Waals surface area contributed by atoms with Crippen LogP contribution in [0.5, 0.6) is 0 Å². The molecule has 21 heavy (non-hydrogen) atoms. The van der Waals surface area contributed by atoms with Crippen molar-refractivity contribution in [1.29, 1.82) is 0 Å². The Morgan fingerprint density at radius 3 is 2.38 bits per heavy atom. The molecule has 6 heteroatoms. The molecule has 0 amide bonds. The molecule has 1 unspecified atom stereocenters. The first-order valence-corrected chi connectivity index (χ1v) is 6.14. The summed E-state index contributed by atoms with van der Waals surface area (Å²) in [7, 11) is 0. The van der Waals surface area contributed by atoms with Crippen molar-refractivity contribution in [3.63, 3.8) is 0 Å². The van der Waals surface area contributed by atoms with Crippen LogP contribution in [0.4, 0.5) is 22.0 Å². The zero-order chi connectivity index (χ0) is 15.6. The van der Waals surface area contributed by atoms with Crippen LogP contribution in [0.2, 0.25) is 0 Å². The molecule has 2 N–H and O–H groups in total. The molecule has 0 saturated heterocycles. The van der Waals surface area contributed by atoms with E-state index in [1.807, 2.05) is 0 Å². The standard InChI is InChI=1S/C15H12F5N/c16-12-4-5-13(17)10(7-12)8-14(21)9-2-1-3-11(6-9)15(18,19)20/h1-7,14H,8,21H2. The van der Waals surface area contributed by atoms with E-state index in [1.165, 1.54) is 12.1 Å². The smallest absolute Gasteiger partial charge is 0.324 e. The van der Waals surface area contributed by atoms with Gasteiger partial charge in [0.05, 0.1) is 5.56 Å². The van der Waals surface area contributed by atoms with Crippen LogP contribution in [-0.2, 0) is 12.6 Å². The van der Waals surface area contributed by atoms with Crippen LogP contribution in [0.3, 0.4) is 0 Å². The quantitative estimate of drug-likeness (QED) is 0.844. The van der Waals surface area contributed by atoms with E-state index in [0.717, 1.165) is 30.3 Å². The van der Waals surface area contributed by atoms with Gasteiger partial charge in [-0.15, -0.1) is 0 Å². The number of hydrogen-bond donors (Lipinski definition) is 1. The van der Waals surface area contributed by atoms with Gasteiger partial charge in [0.15, 0.2) is 0 Å². The van der Waals surface area contributed by atoms with Gasteiger partial charge in [0, 0.05) is 6.04 Å². The van der Waals surface area contributed by atoms with E-state index in [-0.39, 0.29) is 17.5 Å². The third-order valence-electron chi connectivity index (χ3n) is 3.09. The van der Waals surface area contributed by atoms with Crippen LogP contribution in [-0.4, -0.2) is 0 Å². The van der Waals surface area contributed by atoms with E-state index in [0.29, 0.717) is 0 Å². The summed E-state index contributed by atoms with van der Waals surface area (Å²) in [5.41, 5.74) is 5.22. The van der Waals surface area contributed by atoms with Crippen molar-refractivity contribution in [3.8, 4) is 0 Å². The molecule has 0 aromatic heterocycles. The Kier molecular flexibility index (Phi) is 4.27. The summed E-state index contributed by atoms with van der Waals surface area (Å²) in [4.78, 5) is 0. The third-order valence-corrected chi connectivity index (χ3v) is 3.09. The molecule has 0 fully saturated rings. The molecule has 0 heterocycles. The summed E-state index contributed by atoms with van der Waals surface area (Å²) in [5, 5.41) is 0. The Morgan fingerprint density at radius 2 is 1.71 bits per heavy atom. The molecular weight excluding hydrogens is 289 g/mol. The van der Waals surface area contributed by atoms with Gasteiger partial charge in [-0.1, -0.05) is 12.1 Å². The van der Waals surface area contributed by atoms with Crippen LogP contribution in [0.25, 0.3) is 0 Å². The Hall–Kier alpha value is -1.95. The number of nitrogens with two attached hydrogens (primary N) is 1. The topological polar surface area (TPSA) is 26.0 Å². The molecule has 0 bridgehead atoms. The molecule has 1 atom stereocenters. The minimum absolute atomic E-state index is 0.0277. The number of hydrogen-bond acceptors (Lipinski definition) is 1. The van der Waals surface area contributed by atoms with Gasteiger partial charge in [0.1, 0.15) is 11.6 Å². The van der Waals surface area contributed by atoms with E-state index in [9.17, 15) is 22.0 Å². The summed E-state index contributed by atoms with van der Waals surface area (Å²) < 4.78 is 64.5. The van der Waals surface area contributed by atoms with Crippen molar-refractivity contribution in [3.05, 3.63) is 70.8 Å². The van der Waals surface area contributed by atoms with E-state index in [2.05, 4.69) is 0 Å². The van der Waals surface area contributed by atoms with Gasteiger partial charge in [-0.25, -0.2) is 8.78 Å². The molecule has 0 saturated carbocycles. The van der Waals surface area contributed by atoms with E-state index in [4.69, 9.17) is 5.73 Å². The zero-order valence-corrected chi connectivity index (χ0v) is 10.8. The van der Waals surface area contributed by atoms with Crippen LogP contribution in [0, 0.1) is 11.6 Å². The number of rotatable bonds is 3. The highest BCUT2D eigenvalue weighted by Crippen LogP contribution is 2.31. The van der Waals surface area contributed by atoms with Crippen LogP contribution in [0.15, 0.2) is 42.5 Å². The summed E-state index contributed by atoms with van der Waals surface area (Å²) in [5.74, 6) is -1.26. The van der Waals surface area contributed by atoms with Gasteiger partial charge < -0.3 is 5.73 Å². The van der Waals surface area contributed by atoms with Gasteiger partial charge >= 0.3 is 6.18 Å². The molecular formula is C15H12F5N. The van der Waals surface area contributed by atoms with E-state index in [1.54, 1.807) is 0 Å². The molecule has 0 radical (unpaired) electrons. The lowest BCUT2D eigenvalue weighted by Gasteiger charge is -2.15. The molecule has 2 rings (SSSR count).